The molecular formula is C20H24O4. The number of benzene rings is 1. The summed E-state index contributed by atoms with van der Waals surface area (Å²) in [7, 11) is 4.91. The van der Waals surface area contributed by atoms with Crippen LogP contribution in [0.25, 0.3) is 11.3 Å². The summed E-state index contributed by atoms with van der Waals surface area (Å²) in [6.45, 7) is 5.99. The highest BCUT2D eigenvalue weighted by atomic mass is 16.5. The second-order valence-corrected chi connectivity index (χ2v) is 6.94. The van der Waals surface area contributed by atoms with E-state index in [2.05, 4.69) is 6.08 Å². The first-order chi connectivity index (χ1) is 11.3. The van der Waals surface area contributed by atoms with Crippen LogP contribution in [-0.2, 0) is 14.3 Å². The Balaban J connectivity index is 2.31. The Labute approximate surface area is 143 Å². The molecule has 4 nitrogen and oxygen atoms in total. The van der Waals surface area contributed by atoms with Gasteiger partial charge in [0, 0.05) is 24.0 Å². The Hall–Kier alpha value is -2.07. The molecule has 2 aliphatic rings. The number of carbonyl (C=O) groups is 1. The number of ether oxygens (including phenoxy) is 3. The van der Waals surface area contributed by atoms with Crippen LogP contribution < -0.4 is 4.74 Å². The third kappa shape index (κ3) is 2.28. The normalized spacial score (nSPS) is 24.5. The van der Waals surface area contributed by atoms with Crippen LogP contribution in [0, 0.1) is 18.3 Å². The van der Waals surface area contributed by atoms with Gasteiger partial charge in [-0.25, -0.2) is 0 Å². The molecular weight excluding hydrogens is 304 g/mol. The molecule has 2 aliphatic carbocycles. The number of hydrogen-bond acceptors (Lipinski definition) is 4. The van der Waals surface area contributed by atoms with Crippen molar-refractivity contribution in [2.24, 2.45) is 11.3 Å². The maximum absolute atomic E-state index is 12.8. The maximum atomic E-state index is 12.8. The Kier molecular flexibility index (Phi) is 4.04. The molecule has 0 bridgehead atoms. The zero-order chi connectivity index (χ0) is 17.6. The minimum Gasteiger partial charge on any atom is -0.497 e. The molecule has 1 aromatic rings. The molecule has 4 heteroatoms. The minimum absolute atomic E-state index is 0.0506. The fourth-order valence-electron chi connectivity index (χ4n) is 3.81. The number of allylic oxidation sites excluding steroid dienone is 2. The average molecular weight is 328 g/mol. The van der Waals surface area contributed by atoms with Crippen LogP contribution >= 0.6 is 0 Å². The summed E-state index contributed by atoms with van der Waals surface area (Å²) in [5.74, 6) is 1.65. The van der Waals surface area contributed by atoms with Gasteiger partial charge in [0.2, 0.25) is 0 Å². The number of methoxy groups -OCH3 is 3. The van der Waals surface area contributed by atoms with Crippen LogP contribution in [-0.4, -0.2) is 33.2 Å². The Morgan fingerprint density at radius 1 is 1.04 bits per heavy atom. The minimum atomic E-state index is -0.566. The number of fused-ring (bicyclic) bond motifs is 3. The lowest BCUT2D eigenvalue weighted by atomic mass is 9.62. The van der Waals surface area contributed by atoms with Gasteiger partial charge in [-0.05, 0) is 47.9 Å². The van der Waals surface area contributed by atoms with E-state index in [1.807, 2.05) is 39.0 Å². The van der Waals surface area contributed by atoms with Gasteiger partial charge < -0.3 is 14.2 Å². The summed E-state index contributed by atoms with van der Waals surface area (Å²) < 4.78 is 16.5. The first kappa shape index (κ1) is 16.8. The molecule has 3 rings (SSSR count). The second kappa shape index (κ2) is 5.78. The molecule has 24 heavy (non-hydrogen) atoms. The van der Waals surface area contributed by atoms with Crippen molar-refractivity contribution in [3.8, 4) is 5.75 Å². The van der Waals surface area contributed by atoms with Crippen molar-refractivity contribution in [3.63, 3.8) is 0 Å². The van der Waals surface area contributed by atoms with Gasteiger partial charge in [-0.3, -0.25) is 4.79 Å². The highest BCUT2D eigenvalue weighted by Crippen LogP contribution is 2.51. The van der Waals surface area contributed by atoms with Crippen LogP contribution in [0.3, 0.4) is 0 Å². The third-order valence-electron chi connectivity index (χ3n) is 5.23. The molecule has 0 aliphatic heterocycles. The summed E-state index contributed by atoms with van der Waals surface area (Å²) in [6, 6.07) is 4.02. The van der Waals surface area contributed by atoms with Gasteiger partial charge >= 0.3 is 0 Å². The molecule has 0 radical (unpaired) electrons. The zero-order valence-electron chi connectivity index (χ0n) is 15.1. The summed E-state index contributed by atoms with van der Waals surface area (Å²) in [5, 5.41) is 0. The van der Waals surface area contributed by atoms with Gasteiger partial charge in [0.05, 0.1) is 14.2 Å². The lowest BCUT2D eigenvalue weighted by molar-refractivity contribution is -0.136. The second-order valence-electron chi connectivity index (χ2n) is 6.94. The highest BCUT2D eigenvalue weighted by Gasteiger charge is 2.47. The van der Waals surface area contributed by atoms with Gasteiger partial charge in [-0.2, -0.15) is 0 Å². The Morgan fingerprint density at radius 2 is 1.75 bits per heavy atom. The van der Waals surface area contributed by atoms with Crippen molar-refractivity contribution in [1.29, 1.82) is 0 Å². The van der Waals surface area contributed by atoms with E-state index in [4.69, 9.17) is 14.2 Å². The van der Waals surface area contributed by atoms with E-state index in [0.717, 1.165) is 33.8 Å². The number of hydrogen-bond donors (Lipinski definition) is 0. The summed E-state index contributed by atoms with van der Waals surface area (Å²) in [4.78, 5) is 12.8. The maximum Gasteiger partial charge on any atom is 0.171 e. The number of carbonyl (C=O) groups excluding carboxylic acids is 1. The molecule has 0 amide bonds. The fraction of sp³-hybridized carbons (Fsp3) is 0.450. The van der Waals surface area contributed by atoms with Crippen LogP contribution in [0.15, 0.2) is 24.3 Å². The number of rotatable bonds is 3. The van der Waals surface area contributed by atoms with Gasteiger partial charge in [0.1, 0.15) is 17.6 Å². The predicted octanol–water partition coefficient (Wildman–Crippen LogP) is 3.63. The molecule has 128 valence electrons. The van der Waals surface area contributed by atoms with Crippen LogP contribution in [0.2, 0.25) is 0 Å². The molecule has 0 aromatic heterocycles. The molecule has 1 aromatic carbocycles. The van der Waals surface area contributed by atoms with Crippen LogP contribution in [0.4, 0.5) is 0 Å². The smallest absolute Gasteiger partial charge is 0.171 e. The van der Waals surface area contributed by atoms with E-state index in [0.29, 0.717) is 0 Å². The molecule has 0 spiro atoms. The first-order valence-electron chi connectivity index (χ1n) is 8.09. The Morgan fingerprint density at radius 3 is 2.33 bits per heavy atom. The standard InChI is InChI=1S/C20H24O4/c1-11-7-12(22-4)8-14-13-9-17(24-6)19(21)20(2,3)15(13)10-16(23-5)18(11)14/h7-10,15,17H,1-6H3. The van der Waals surface area contributed by atoms with Gasteiger partial charge in [0.15, 0.2) is 5.78 Å². The Bertz CT molecular complexity index is 755. The number of Topliss-reactive ketones (excluding diaryl/α,β-unsaturated/α-hetero) is 1. The van der Waals surface area contributed by atoms with Crippen LogP contribution in [0.1, 0.15) is 30.5 Å². The van der Waals surface area contributed by atoms with Crippen molar-refractivity contribution >= 4 is 17.1 Å². The van der Waals surface area contributed by atoms with Crippen molar-refractivity contribution in [3.05, 3.63) is 41.0 Å². The van der Waals surface area contributed by atoms with Crippen molar-refractivity contribution in [2.75, 3.05) is 21.3 Å². The van der Waals surface area contributed by atoms with E-state index in [-0.39, 0.29) is 11.7 Å². The topological polar surface area (TPSA) is 44.8 Å². The highest BCUT2D eigenvalue weighted by molar-refractivity contribution is 6.00. The van der Waals surface area contributed by atoms with Crippen molar-refractivity contribution in [1.82, 2.24) is 0 Å². The van der Waals surface area contributed by atoms with Crippen molar-refractivity contribution in [2.45, 2.75) is 26.9 Å². The van der Waals surface area contributed by atoms with Gasteiger partial charge in [-0.15, -0.1) is 0 Å². The lowest BCUT2D eigenvalue weighted by Crippen LogP contribution is -2.44. The largest absolute Gasteiger partial charge is 0.497 e. The monoisotopic (exact) mass is 328 g/mol. The molecule has 2 unspecified atom stereocenters. The average Bonchev–Trinajstić information content (AvgIpc) is 2.57. The fourth-order valence-corrected chi connectivity index (χ4v) is 3.81. The quantitative estimate of drug-likeness (QED) is 0.850. The summed E-state index contributed by atoms with van der Waals surface area (Å²) >= 11 is 0. The SMILES string of the molecule is COC1=CC2C(=CC(OC)C(=O)C2(C)C)c2cc(OC)cc(C)c21. The number of aryl methyl sites for hydroxylation is 1. The predicted molar refractivity (Wildman–Crippen MR) is 93.8 cm³/mol. The van der Waals surface area contributed by atoms with Crippen molar-refractivity contribution < 1.29 is 19.0 Å². The zero-order valence-corrected chi connectivity index (χ0v) is 15.1. The molecule has 2 atom stereocenters. The molecule has 0 fully saturated rings. The van der Waals surface area contributed by atoms with Gasteiger partial charge in [-0.1, -0.05) is 13.8 Å². The molecule has 0 heterocycles. The number of ketones is 1. The summed E-state index contributed by atoms with van der Waals surface area (Å²) in [5.41, 5.74) is 3.73. The van der Waals surface area contributed by atoms with Crippen LogP contribution in [0.5, 0.6) is 5.75 Å². The molecule has 0 saturated carbocycles. The van der Waals surface area contributed by atoms with Gasteiger partial charge in [0.25, 0.3) is 0 Å². The first-order valence-corrected chi connectivity index (χ1v) is 8.09. The van der Waals surface area contributed by atoms with E-state index in [9.17, 15) is 4.79 Å². The van der Waals surface area contributed by atoms with E-state index >= 15 is 0 Å². The molecule has 0 saturated heterocycles. The third-order valence-corrected chi connectivity index (χ3v) is 5.23. The van der Waals surface area contributed by atoms with E-state index < -0.39 is 11.5 Å². The lowest BCUT2D eigenvalue weighted by Gasteiger charge is -2.42. The molecule has 0 N–H and O–H groups in total. The summed E-state index contributed by atoms with van der Waals surface area (Å²) in [6.07, 6.45) is 3.49. The van der Waals surface area contributed by atoms with E-state index in [1.54, 1.807) is 21.3 Å². The van der Waals surface area contributed by atoms with E-state index in [1.165, 1.54) is 0 Å².